The van der Waals surface area contributed by atoms with E-state index in [0.717, 1.165) is 26.5 Å². The van der Waals surface area contributed by atoms with E-state index in [1.165, 1.54) is 0 Å². The Hall–Kier alpha value is -1.79. The van der Waals surface area contributed by atoms with E-state index in [4.69, 9.17) is 0 Å². The molecule has 0 aromatic carbocycles. The number of rotatable bonds is 2. The fraction of sp³-hybridized carbons (Fsp3) is 0.333. The van der Waals surface area contributed by atoms with Gasteiger partial charge in [-0.25, -0.2) is 9.78 Å². The molecule has 0 atom stereocenters. The molecule has 0 aliphatic carbocycles. The number of hydrogen-bond acceptors (Lipinski definition) is 4. The topological polar surface area (TPSA) is 48.4 Å². The van der Waals surface area contributed by atoms with Gasteiger partial charge in [0.05, 0.1) is 14.2 Å². The predicted octanol–water partition coefficient (Wildman–Crippen LogP) is 1.90. The zero-order valence-corrected chi connectivity index (χ0v) is 8.46. The van der Waals surface area contributed by atoms with Gasteiger partial charge in [-0.15, -0.1) is 0 Å². The SMILES string of the molecule is COC(=O)c1nccc(OC)c1C(F)(F)F. The first-order valence-corrected chi connectivity index (χ1v) is 4.10. The quantitative estimate of drug-likeness (QED) is 0.734. The van der Waals surface area contributed by atoms with Crippen LogP contribution in [0.25, 0.3) is 0 Å². The van der Waals surface area contributed by atoms with Crippen LogP contribution in [0.5, 0.6) is 5.75 Å². The molecule has 0 unspecified atom stereocenters. The lowest BCUT2D eigenvalue weighted by atomic mass is 10.1. The van der Waals surface area contributed by atoms with Crippen LogP contribution < -0.4 is 4.74 Å². The molecule has 16 heavy (non-hydrogen) atoms. The maximum absolute atomic E-state index is 12.7. The number of carbonyl (C=O) groups excluding carboxylic acids is 1. The van der Waals surface area contributed by atoms with Gasteiger partial charge in [0, 0.05) is 6.20 Å². The Kier molecular flexibility index (Phi) is 3.36. The van der Waals surface area contributed by atoms with Crippen molar-refractivity contribution in [3.63, 3.8) is 0 Å². The molecule has 1 aromatic rings. The van der Waals surface area contributed by atoms with E-state index >= 15 is 0 Å². The van der Waals surface area contributed by atoms with Crippen molar-refractivity contribution in [2.45, 2.75) is 6.18 Å². The Morgan fingerprint density at radius 1 is 1.38 bits per heavy atom. The van der Waals surface area contributed by atoms with Crippen LogP contribution in [0.1, 0.15) is 16.1 Å². The van der Waals surface area contributed by atoms with Crippen molar-refractivity contribution >= 4 is 5.97 Å². The van der Waals surface area contributed by atoms with E-state index in [2.05, 4.69) is 14.5 Å². The first-order valence-electron chi connectivity index (χ1n) is 4.10. The summed E-state index contributed by atoms with van der Waals surface area (Å²) < 4.78 is 46.7. The molecule has 0 aliphatic heterocycles. The van der Waals surface area contributed by atoms with Gasteiger partial charge in [0.1, 0.15) is 11.3 Å². The van der Waals surface area contributed by atoms with E-state index in [0.29, 0.717) is 0 Å². The summed E-state index contributed by atoms with van der Waals surface area (Å²) in [6.45, 7) is 0. The fourth-order valence-corrected chi connectivity index (χ4v) is 1.14. The lowest BCUT2D eigenvalue weighted by Gasteiger charge is -2.13. The number of alkyl halides is 3. The van der Waals surface area contributed by atoms with Crippen LogP contribution in [-0.4, -0.2) is 25.2 Å². The monoisotopic (exact) mass is 235 g/mol. The molecule has 7 heteroatoms. The number of carbonyl (C=O) groups is 1. The zero-order chi connectivity index (χ0) is 12.3. The maximum Gasteiger partial charge on any atom is 0.422 e. The highest BCUT2D eigenvalue weighted by Crippen LogP contribution is 2.37. The standard InChI is InChI=1S/C9H8F3NO3/c1-15-5-3-4-13-7(8(14)16-2)6(5)9(10,11)12/h3-4H,1-2H3. The van der Waals surface area contributed by atoms with E-state index < -0.39 is 29.2 Å². The van der Waals surface area contributed by atoms with E-state index in [-0.39, 0.29) is 0 Å². The summed E-state index contributed by atoms with van der Waals surface area (Å²) >= 11 is 0. The van der Waals surface area contributed by atoms with Crippen LogP contribution >= 0.6 is 0 Å². The van der Waals surface area contributed by atoms with Gasteiger partial charge >= 0.3 is 12.1 Å². The molecular weight excluding hydrogens is 227 g/mol. The second-order valence-corrected chi connectivity index (χ2v) is 2.73. The molecular formula is C9H8F3NO3. The summed E-state index contributed by atoms with van der Waals surface area (Å²) in [5.74, 6) is -1.63. The molecule has 0 amide bonds. The third-order valence-corrected chi connectivity index (χ3v) is 1.79. The molecule has 0 saturated carbocycles. The highest BCUT2D eigenvalue weighted by atomic mass is 19.4. The Morgan fingerprint density at radius 2 is 2.00 bits per heavy atom. The normalized spacial score (nSPS) is 11.1. The summed E-state index contributed by atoms with van der Waals surface area (Å²) in [6.07, 6.45) is -3.69. The number of nitrogens with zero attached hydrogens (tertiary/aromatic N) is 1. The van der Waals surface area contributed by atoms with Crippen molar-refractivity contribution in [3.8, 4) is 5.75 Å². The van der Waals surface area contributed by atoms with Crippen LogP contribution in [0, 0.1) is 0 Å². The predicted molar refractivity (Wildman–Crippen MR) is 47.1 cm³/mol. The van der Waals surface area contributed by atoms with Gasteiger partial charge < -0.3 is 9.47 Å². The highest BCUT2D eigenvalue weighted by molar-refractivity contribution is 5.89. The van der Waals surface area contributed by atoms with Gasteiger partial charge in [0.15, 0.2) is 5.69 Å². The first-order chi connectivity index (χ1) is 7.41. The molecule has 0 saturated heterocycles. The summed E-state index contributed by atoms with van der Waals surface area (Å²) in [6, 6.07) is 1.02. The van der Waals surface area contributed by atoms with Crippen molar-refractivity contribution in [1.29, 1.82) is 0 Å². The van der Waals surface area contributed by atoms with E-state index in [1.54, 1.807) is 0 Å². The first kappa shape index (κ1) is 12.3. The Morgan fingerprint density at radius 3 is 2.44 bits per heavy atom. The van der Waals surface area contributed by atoms with E-state index in [9.17, 15) is 18.0 Å². The van der Waals surface area contributed by atoms with Gasteiger partial charge in [0.25, 0.3) is 0 Å². The van der Waals surface area contributed by atoms with Crippen molar-refractivity contribution in [2.24, 2.45) is 0 Å². The number of hydrogen-bond donors (Lipinski definition) is 0. The van der Waals surface area contributed by atoms with Crippen LogP contribution in [0.3, 0.4) is 0 Å². The maximum atomic E-state index is 12.7. The van der Waals surface area contributed by atoms with Gasteiger partial charge in [-0.1, -0.05) is 0 Å². The fourth-order valence-electron chi connectivity index (χ4n) is 1.14. The number of esters is 1. The average Bonchev–Trinajstić information content (AvgIpc) is 2.25. The van der Waals surface area contributed by atoms with Crippen LogP contribution in [0.15, 0.2) is 12.3 Å². The van der Waals surface area contributed by atoms with Gasteiger partial charge in [-0.2, -0.15) is 13.2 Å². The van der Waals surface area contributed by atoms with Crippen LogP contribution in [0.2, 0.25) is 0 Å². The minimum atomic E-state index is -4.73. The molecule has 88 valence electrons. The van der Waals surface area contributed by atoms with Gasteiger partial charge in [0.2, 0.25) is 0 Å². The number of aromatic nitrogens is 1. The summed E-state index contributed by atoms with van der Waals surface area (Å²) in [7, 11) is 2.05. The number of pyridine rings is 1. The summed E-state index contributed by atoms with van der Waals surface area (Å²) in [5, 5.41) is 0. The lowest BCUT2D eigenvalue weighted by molar-refractivity contribution is -0.139. The van der Waals surface area contributed by atoms with Crippen molar-refractivity contribution in [2.75, 3.05) is 14.2 Å². The van der Waals surface area contributed by atoms with Crippen molar-refractivity contribution in [1.82, 2.24) is 4.98 Å². The molecule has 0 aliphatic rings. The molecule has 1 rings (SSSR count). The largest absolute Gasteiger partial charge is 0.496 e. The second kappa shape index (κ2) is 4.38. The smallest absolute Gasteiger partial charge is 0.422 e. The second-order valence-electron chi connectivity index (χ2n) is 2.73. The van der Waals surface area contributed by atoms with Crippen molar-refractivity contribution < 1.29 is 27.4 Å². The number of methoxy groups -OCH3 is 2. The molecule has 1 aromatic heterocycles. The lowest BCUT2D eigenvalue weighted by Crippen LogP contribution is -2.17. The molecule has 0 spiro atoms. The third kappa shape index (κ3) is 2.23. The van der Waals surface area contributed by atoms with Crippen molar-refractivity contribution in [3.05, 3.63) is 23.5 Å². The number of ether oxygens (including phenoxy) is 2. The summed E-state index contributed by atoms with van der Waals surface area (Å²) in [4.78, 5) is 14.5. The molecule has 0 N–H and O–H groups in total. The van der Waals surface area contributed by atoms with Gasteiger partial charge in [-0.05, 0) is 6.07 Å². The molecule has 1 heterocycles. The van der Waals surface area contributed by atoms with Crippen LogP contribution in [0.4, 0.5) is 13.2 Å². The van der Waals surface area contributed by atoms with Crippen LogP contribution in [-0.2, 0) is 10.9 Å². The molecule has 0 radical (unpaired) electrons. The minimum absolute atomic E-state index is 0.470. The third-order valence-electron chi connectivity index (χ3n) is 1.79. The number of halogens is 3. The Bertz CT molecular complexity index is 403. The Balaban J connectivity index is 3.44. The Labute approximate surface area is 89.0 Å². The van der Waals surface area contributed by atoms with Gasteiger partial charge in [-0.3, -0.25) is 0 Å². The molecule has 0 bridgehead atoms. The molecule has 4 nitrogen and oxygen atoms in total. The highest BCUT2D eigenvalue weighted by Gasteiger charge is 2.40. The zero-order valence-electron chi connectivity index (χ0n) is 8.46. The average molecular weight is 235 g/mol. The van der Waals surface area contributed by atoms with E-state index in [1.807, 2.05) is 0 Å². The minimum Gasteiger partial charge on any atom is -0.496 e. The summed E-state index contributed by atoms with van der Waals surface area (Å²) in [5.41, 5.74) is -2.04. The molecule has 0 fully saturated rings.